The third kappa shape index (κ3) is 6.10. The van der Waals surface area contributed by atoms with E-state index in [0.717, 1.165) is 0 Å². The number of halogens is 3. The predicted octanol–water partition coefficient (Wildman–Crippen LogP) is 3.35. The zero-order valence-corrected chi connectivity index (χ0v) is 10.1. The molecule has 0 amide bonds. The summed E-state index contributed by atoms with van der Waals surface area (Å²) in [6.07, 6.45) is -6.64. The first-order valence-corrected chi connectivity index (χ1v) is 5.29. The molecule has 0 bridgehead atoms. The molecule has 0 spiro atoms. The van der Waals surface area contributed by atoms with E-state index in [9.17, 15) is 18.0 Å². The van der Waals surface area contributed by atoms with Gasteiger partial charge in [0, 0.05) is 13.0 Å². The second-order valence-electron chi connectivity index (χ2n) is 4.78. The van der Waals surface area contributed by atoms with Crippen molar-refractivity contribution < 1.29 is 22.7 Å². The van der Waals surface area contributed by atoms with Crippen LogP contribution in [-0.4, -0.2) is 24.7 Å². The van der Waals surface area contributed by atoms with E-state index in [2.05, 4.69) is 0 Å². The van der Waals surface area contributed by atoms with E-state index >= 15 is 0 Å². The van der Waals surface area contributed by atoms with Gasteiger partial charge in [0.1, 0.15) is 6.10 Å². The standard InChI is InChI=1S/C11H19F3O2/c1-5-16-9(10(2,3)4)8(15)6-7-11(12,13)14/h9H,5-7H2,1-4H3. The highest BCUT2D eigenvalue weighted by molar-refractivity contribution is 5.83. The Bertz CT molecular complexity index is 228. The molecule has 0 aromatic carbocycles. The Morgan fingerprint density at radius 2 is 1.75 bits per heavy atom. The summed E-state index contributed by atoms with van der Waals surface area (Å²) in [6, 6.07) is 0. The van der Waals surface area contributed by atoms with E-state index in [-0.39, 0.29) is 0 Å². The normalized spacial score (nSPS) is 14.9. The van der Waals surface area contributed by atoms with Gasteiger partial charge in [-0.1, -0.05) is 20.8 Å². The Morgan fingerprint density at radius 1 is 1.25 bits per heavy atom. The molecule has 0 fully saturated rings. The van der Waals surface area contributed by atoms with Crippen molar-refractivity contribution in [2.24, 2.45) is 5.41 Å². The van der Waals surface area contributed by atoms with Crippen molar-refractivity contribution in [3.63, 3.8) is 0 Å². The molecular formula is C11H19F3O2. The molecule has 0 aliphatic heterocycles. The summed E-state index contributed by atoms with van der Waals surface area (Å²) in [7, 11) is 0. The lowest BCUT2D eigenvalue weighted by Crippen LogP contribution is -2.37. The minimum Gasteiger partial charge on any atom is -0.370 e. The number of ether oxygens (including phenoxy) is 1. The van der Waals surface area contributed by atoms with E-state index in [1.165, 1.54) is 0 Å². The van der Waals surface area contributed by atoms with Crippen LogP contribution in [0.25, 0.3) is 0 Å². The van der Waals surface area contributed by atoms with Crippen LogP contribution >= 0.6 is 0 Å². The van der Waals surface area contributed by atoms with Crippen molar-refractivity contribution in [1.82, 2.24) is 0 Å². The first kappa shape index (κ1) is 15.4. The van der Waals surface area contributed by atoms with E-state index in [1.807, 2.05) is 0 Å². The van der Waals surface area contributed by atoms with Crippen LogP contribution < -0.4 is 0 Å². The van der Waals surface area contributed by atoms with E-state index in [1.54, 1.807) is 27.7 Å². The van der Waals surface area contributed by atoms with E-state index < -0.39 is 36.3 Å². The van der Waals surface area contributed by atoms with E-state index in [4.69, 9.17) is 4.74 Å². The fourth-order valence-electron chi connectivity index (χ4n) is 1.39. The number of carbonyl (C=O) groups is 1. The molecule has 0 heterocycles. The molecule has 0 aliphatic rings. The first-order chi connectivity index (χ1) is 7.08. The molecule has 16 heavy (non-hydrogen) atoms. The zero-order chi connectivity index (χ0) is 13.0. The Morgan fingerprint density at radius 3 is 2.06 bits per heavy atom. The molecule has 0 saturated heterocycles. The molecular weight excluding hydrogens is 221 g/mol. The van der Waals surface area contributed by atoms with Crippen LogP contribution in [0.2, 0.25) is 0 Å². The second kappa shape index (κ2) is 5.66. The number of alkyl halides is 3. The molecule has 0 aliphatic carbocycles. The highest BCUT2D eigenvalue weighted by atomic mass is 19.4. The van der Waals surface area contributed by atoms with Gasteiger partial charge in [0.2, 0.25) is 0 Å². The summed E-state index contributed by atoms with van der Waals surface area (Å²) in [6.45, 7) is 7.37. The predicted molar refractivity (Wildman–Crippen MR) is 55.2 cm³/mol. The Kier molecular flexibility index (Phi) is 5.46. The molecule has 96 valence electrons. The van der Waals surface area contributed by atoms with Crippen LogP contribution in [0.3, 0.4) is 0 Å². The van der Waals surface area contributed by atoms with Crippen LogP contribution in [0.1, 0.15) is 40.5 Å². The molecule has 0 aromatic rings. The summed E-state index contributed by atoms with van der Waals surface area (Å²) in [5.74, 6) is -0.480. The minimum atomic E-state index is -4.29. The largest absolute Gasteiger partial charge is 0.389 e. The lowest BCUT2D eigenvalue weighted by molar-refractivity contribution is -0.152. The number of hydrogen-bond acceptors (Lipinski definition) is 2. The topological polar surface area (TPSA) is 26.3 Å². The highest BCUT2D eigenvalue weighted by Crippen LogP contribution is 2.27. The maximum Gasteiger partial charge on any atom is 0.389 e. The smallest absolute Gasteiger partial charge is 0.370 e. The van der Waals surface area contributed by atoms with Crippen molar-refractivity contribution in [3.8, 4) is 0 Å². The second-order valence-corrected chi connectivity index (χ2v) is 4.78. The highest BCUT2D eigenvalue weighted by Gasteiger charge is 2.35. The molecule has 0 rings (SSSR count). The average molecular weight is 240 g/mol. The van der Waals surface area contributed by atoms with Gasteiger partial charge in [0.25, 0.3) is 0 Å². The Labute approximate surface area is 94.2 Å². The van der Waals surface area contributed by atoms with Gasteiger partial charge in [-0.3, -0.25) is 4.79 Å². The van der Waals surface area contributed by atoms with Gasteiger partial charge in [-0.05, 0) is 12.3 Å². The number of rotatable bonds is 5. The van der Waals surface area contributed by atoms with Gasteiger partial charge >= 0.3 is 6.18 Å². The summed E-state index contributed by atoms with van der Waals surface area (Å²) in [4.78, 5) is 11.6. The van der Waals surface area contributed by atoms with Gasteiger partial charge < -0.3 is 4.74 Å². The Hall–Kier alpha value is -0.580. The zero-order valence-electron chi connectivity index (χ0n) is 10.1. The van der Waals surface area contributed by atoms with Crippen molar-refractivity contribution in [2.45, 2.75) is 52.8 Å². The third-order valence-electron chi connectivity index (χ3n) is 2.07. The molecule has 2 nitrogen and oxygen atoms in total. The lowest BCUT2D eigenvalue weighted by Gasteiger charge is -2.29. The summed E-state index contributed by atoms with van der Waals surface area (Å²) < 4.78 is 41.1. The maximum atomic E-state index is 12.0. The molecule has 0 radical (unpaired) electrons. The molecule has 0 aromatic heterocycles. The van der Waals surface area contributed by atoms with Crippen molar-refractivity contribution in [3.05, 3.63) is 0 Å². The number of carbonyl (C=O) groups excluding carboxylic acids is 1. The minimum absolute atomic E-state index is 0.319. The van der Waals surface area contributed by atoms with E-state index in [0.29, 0.717) is 6.61 Å². The van der Waals surface area contributed by atoms with Crippen LogP contribution in [0.15, 0.2) is 0 Å². The lowest BCUT2D eigenvalue weighted by atomic mass is 9.85. The van der Waals surface area contributed by atoms with Gasteiger partial charge in [-0.15, -0.1) is 0 Å². The molecule has 1 unspecified atom stereocenters. The van der Waals surface area contributed by atoms with Crippen molar-refractivity contribution in [1.29, 1.82) is 0 Å². The number of ketones is 1. The van der Waals surface area contributed by atoms with Gasteiger partial charge in [-0.25, -0.2) is 0 Å². The van der Waals surface area contributed by atoms with Crippen LogP contribution in [0.4, 0.5) is 13.2 Å². The number of hydrogen-bond donors (Lipinski definition) is 0. The van der Waals surface area contributed by atoms with Gasteiger partial charge in [0.05, 0.1) is 6.42 Å². The molecule has 1 atom stereocenters. The van der Waals surface area contributed by atoms with Gasteiger partial charge in [-0.2, -0.15) is 13.2 Å². The monoisotopic (exact) mass is 240 g/mol. The van der Waals surface area contributed by atoms with Crippen LogP contribution in [-0.2, 0) is 9.53 Å². The SMILES string of the molecule is CCOC(C(=O)CCC(F)(F)F)C(C)(C)C. The molecule has 5 heteroatoms. The van der Waals surface area contributed by atoms with Gasteiger partial charge in [0.15, 0.2) is 5.78 Å². The fourth-order valence-corrected chi connectivity index (χ4v) is 1.39. The first-order valence-electron chi connectivity index (χ1n) is 5.29. The quantitative estimate of drug-likeness (QED) is 0.736. The molecule has 0 saturated carbocycles. The third-order valence-corrected chi connectivity index (χ3v) is 2.07. The van der Waals surface area contributed by atoms with Crippen LogP contribution in [0.5, 0.6) is 0 Å². The summed E-state index contributed by atoms with van der Waals surface area (Å²) >= 11 is 0. The summed E-state index contributed by atoms with van der Waals surface area (Å²) in [5.41, 5.74) is -0.474. The van der Waals surface area contributed by atoms with Crippen molar-refractivity contribution in [2.75, 3.05) is 6.61 Å². The number of Topliss-reactive ketones (excluding diaryl/α,β-unsaturated/α-hetero) is 1. The van der Waals surface area contributed by atoms with Crippen molar-refractivity contribution >= 4 is 5.78 Å². The fraction of sp³-hybridized carbons (Fsp3) is 0.909. The van der Waals surface area contributed by atoms with Crippen LogP contribution in [0, 0.1) is 5.41 Å². The average Bonchev–Trinajstić information content (AvgIpc) is 2.07. The maximum absolute atomic E-state index is 12.0. The molecule has 0 N–H and O–H groups in total. The Balaban J connectivity index is 4.41. The summed E-state index contributed by atoms with van der Waals surface area (Å²) in [5, 5.41) is 0.